The van der Waals surface area contributed by atoms with Gasteiger partial charge in [0.25, 0.3) is 0 Å². The summed E-state index contributed by atoms with van der Waals surface area (Å²) in [6.07, 6.45) is 3.28. The third-order valence-corrected chi connectivity index (χ3v) is 5.36. The molecule has 26 heavy (non-hydrogen) atoms. The molecule has 3 rings (SSSR count). The van der Waals surface area contributed by atoms with Gasteiger partial charge in [0, 0.05) is 38.6 Å². The highest BCUT2D eigenvalue weighted by molar-refractivity contribution is 5.85. The zero-order chi connectivity index (χ0) is 17.1. The van der Waals surface area contributed by atoms with Gasteiger partial charge in [-0.3, -0.25) is 4.79 Å². The predicted molar refractivity (Wildman–Crippen MR) is 107 cm³/mol. The van der Waals surface area contributed by atoms with Crippen LogP contribution >= 0.6 is 24.8 Å². The molecule has 1 heterocycles. The smallest absolute Gasteiger partial charge is 0.221 e. The number of amides is 1. The van der Waals surface area contributed by atoms with E-state index in [1.54, 1.807) is 12.1 Å². The van der Waals surface area contributed by atoms with Gasteiger partial charge >= 0.3 is 0 Å². The van der Waals surface area contributed by atoms with Gasteiger partial charge in [-0.15, -0.1) is 24.8 Å². The molecule has 0 spiro atoms. The van der Waals surface area contributed by atoms with Crippen LogP contribution in [0.1, 0.15) is 24.8 Å². The summed E-state index contributed by atoms with van der Waals surface area (Å²) in [5.41, 5.74) is 0.924. The third kappa shape index (κ3) is 6.38. The quantitative estimate of drug-likeness (QED) is 0.757. The molecule has 0 aromatic heterocycles. The molecule has 1 amide bonds. The molecule has 1 saturated carbocycles. The molecule has 1 saturated heterocycles. The number of carbonyl (C=O) groups is 1. The molecule has 4 nitrogen and oxygen atoms in total. The van der Waals surface area contributed by atoms with Gasteiger partial charge in [0.15, 0.2) is 0 Å². The van der Waals surface area contributed by atoms with Crippen molar-refractivity contribution in [2.75, 3.05) is 33.7 Å². The van der Waals surface area contributed by atoms with Crippen LogP contribution < -0.4 is 5.32 Å². The van der Waals surface area contributed by atoms with Crippen molar-refractivity contribution in [3.8, 4) is 0 Å². The van der Waals surface area contributed by atoms with Crippen LogP contribution in [-0.4, -0.2) is 55.5 Å². The van der Waals surface area contributed by atoms with Crippen molar-refractivity contribution in [1.82, 2.24) is 15.1 Å². The van der Waals surface area contributed by atoms with Crippen LogP contribution in [0.15, 0.2) is 24.3 Å². The largest absolute Gasteiger partial charge is 0.352 e. The van der Waals surface area contributed by atoms with Crippen LogP contribution in [0.25, 0.3) is 0 Å². The second-order valence-corrected chi connectivity index (χ2v) is 7.45. The number of hydrogen-bond acceptors (Lipinski definition) is 3. The Kier molecular flexibility index (Phi) is 9.31. The van der Waals surface area contributed by atoms with E-state index in [-0.39, 0.29) is 36.5 Å². The van der Waals surface area contributed by atoms with E-state index >= 15 is 0 Å². The van der Waals surface area contributed by atoms with Gasteiger partial charge in [0.1, 0.15) is 5.82 Å². The van der Waals surface area contributed by atoms with Crippen LogP contribution in [0, 0.1) is 17.7 Å². The van der Waals surface area contributed by atoms with E-state index < -0.39 is 0 Å². The molecule has 0 bridgehead atoms. The monoisotopic (exact) mass is 405 g/mol. The van der Waals surface area contributed by atoms with E-state index in [1.165, 1.54) is 25.0 Å². The average molecular weight is 406 g/mol. The van der Waals surface area contributed by atoms with E-state index in [0.29, 0.717) is 19.0 Å². The average Bonchev–Trinajstić information content (AvgIpc) is 3.31. The van der Waals surface area contributed by atoms with Gasteiger partial charge in [-0.1, -0.05) is 12.1 Å². The molecule has 2 fully saturated rings. The molecule has 2 aliphatic rings. The summed E-state index contributed by atoms with van der Waals surface area (Å²) in [6, 6.07) is 6.88. The fourth-order valence-electron chi connectivity index (χ4n) is 3.76. The number of carbonyl (C=O) groups excluding carboxylic acids is 1. The first-order valence-electron chi connectivity index (χ1n) is 8.93. The number of nitrogens with zero attached hydrogens (tertiary/aromatic N) is 2. The molecule has 0 radical (unpaired) electrons. The molecular formula is C19H30Cl2FN3O. The lowest BCUT2D eigenvalue weighted by Gasteiger charge is -2.25. The maximum Gasteiger partial charge on any atom is 0.221 e. The Morgan fingerprint density at radius 3 is 2.42 bits per heavy atom. The summed E-state index contributed by atoms with van der Waals surface area (Å²) >= 11 is 0. The Labute approximate surface area is 168 Å². The van der Waals surface area contributed by atoms with Crippen molar-refractivity contribution in [2.45, 2.75) is 31.8 Å². The number of likely N-dealkylation sites (N-methyl/N-ethyl adjacent to an activating group) is 1. The number of hydrogen-bond donors (Lipinski definition) is 1. The molecular weight excluding hydrogens is 376 g/mol. The minimum atomic E-state index is -0.250. The second-order valence-electron chi connectivity index (χ2n) is 7.45. The van der Waals surface area contributed by atoms with Gasteiger partial charge in [0.2, 0.25) is 5.91 Å². The molecule has 1 aromatic carbocycles. The first kappa shape index (κ1) is 23.2. The number of benzene rings is 1. The summed E-state index contributed by atoms with van der Waals surface area (Å²) < 4.78 is 12.9. The minimum absolute atomic E-state index is 0. The van der Waals surface area contributed by atoms with Gasteiger partial charge in [-0.25, -0.2) is 4.39 Å². The standard InChI is InChI=1S/C19H28FN3O.2ClH/c1-22(2)18-13-23(12-17(18)15-5-6-15)10-9-19(24)21-11-14-3-7-16(20)8-4-14;;/h3-4,7-8,15,17-18H,5-6,9-13H2,1-2H3,(H,21,24);2*1H/t17-,18+;;/m1../s1. The van der Waals surface area contributed by atoms with Gasteiger partial charge in [-0.05, 0) is 56.5 Å². The van der Waals surface area contributed by atoms with Crippen molar-refractivity contribution >= 4 is 30.7 Å². The van der Waals surface area contributed by atoms with E-state index in [1.807, 2.05) is 0 Å². The SMILES string of the molecule is CN(C)[C@H]1CN(CCC(=O)NCc2ccc(F)cc2)C[C@@H]1C1CC1.Cl.Cl. The minimum Gasteiger partial charge on any atom is -0.352 e. The molecule has 148 valence electrons. The maximum atomic E-state index is 12.9. The number of halogens is 3. The molecule has 1 aromatic rings. The second kappa shape index (κ2) is 10.5. The zero-order valence-electron chi connectivity index (χ0n) is 15.5. The van der Waals surface area contributed by atoms with Crippen LogP contribution in [-0.2, 0) is 11.3 Å². The Morgan fingerprint density at radius 1 is 1.19 bits per heavy atom. The van der Waals surface area contributed by atoms with Gasteiger partial charge < -0.3 is 15.1 Å². The number of nitrogens with one attached hydrogen (secondary N) is 1. The lowest BCUT2D eigenvalue weighted by atomic mass is 9.97. The van der Waals surface area contributed by atoms with Crippen molar-refractivity contribution in [1.29, 1.82) is 0 Å². The Bertz CT molecular complexity index is 556. The van der Waals surface area contributed by atoms with E-state index in [0.717, 1.165) is 37.0 Å². The Morgan fingerprint density at radius 2 is 1.85 bits per heavy atom. The fraction of sp³-hybridized carbons (Fsp3) is 0.632. The summed E-state index contributed by atoms with van der Waals surface area (Å²) in [5.74, 6) is 1.48. The topological polar surface area (TPSA) is 35.6 Å². The number of likely N-dealkylation sites (tertiary alicyclic amines) is 1. The lowest BCUT2D eigenvalue weighted by Crippen LogP contribution is -2.36. The summed E-state index contributed by atoms with van der Waals surface area (Å²) in [5, 5.41) is 2.92. The molecule has 1 N–H and O–H groups in total. The Balaban J connectivity index is 0.00000169. The molecule has 0 unspecified atom stereocenters. The van der Waals surface area contributed by atoms with E-state index in [2.05, 4.69) is 29.2 Å². The van der Waals surface area contributed by atoms with Crippen LogP contribution in [0.3, 0.4) is 0 Å². The molecule has 7 heteroatoms. The normalized spacial score (nSPS) is 22.6. The van der Waals surface area contributed by atoms with Gasteiger partial charge in [-0.2, -0.15) is 0 Å². The van der Waals surface area contributed by atoms with Crippen molar-refractivity contribution < 1.29 is 9.18 Å². The number of rotatable bonds is 7. The molecule has 1 aliphatic heterocycles. The first-order valence-corrected chi connectivity index (χ1v) is 8.93. The van der Waals surface area contributed by atoms with Gasteiger partial charge in [0.05, 0.1) is 0 Å². The zero-order valence-corrected chi connectivity index (χ0v) is 17.1. The highest BCUT2D eigenvalue weighted by Gasteiger charge is 2.42. The summed E-state index contributed by atoms with van der Waals surface area (Å²) in [6.45, 7) is 3.48. The predicted octanol–water partition coefficient (Wildman–Crippen LogP) is 2.95. The molecule has 2 atom stereocenters. The lowest BCUT2D eigenvalue weighted by molar-refractivity contribution is -0.121. The third-order valence-electron chi connectivity index (χ3n) is 5.36. The van der Waals surface area contributed by atoms with Crippen LogP contribution in [0.2, 0.25) is 0 Å². The highest BCUT2D eigenvalue weighted by Crippen LogP contribution is 2.42. The van der Waals surface area contributed by atoms with Crippen LogP contribution in [0.4, 0.5) is 4.39 Å². The molecule has 1 aliphatic carbocycles. The van der Waals surface area contributed by atoms with E-state index in [9.17, 15) is 9.18 Å². The summed E-state index contributed by atoms with van der Waals surface area (Å²) in [4.78, 5) is 16.8. The summed E-state index contributed by atoms with van der Waals surface area (Å²) in [7, 11) is 4.33. The Hall–Kier alpha value is -0.880. The van der Waals surface area contributed by atoms with E-state index in [4.69, 9.17) is 0 Å². The maximum absolute atomic E-state index is 12.9. The fourth-order valence-corrected chi connectivity index (χ4v) is 3.76. The van der Waals surface area contributed by atoms with Crippen molar-refractivity contribution in [2.24, 2.45) is 11.8 Å². The van der Waals surface area contributed by atoms with Crippen LogP contribution in [0.5, 0.6) is 0 Å². The highest BCUT2D eigenvalue weighted by atomic mass is 35.5. The van der Waals surface area contributed by atoms with Crippen molar-refractivity contribution in [3.63, 3.8) is 0 Å². The first-order chi connectivity index (χ1) is 11.5. The van der Waals surface area contributed by atoms with Crippen molar-refractivity contribution in [3.05, 3.63) is 35.6 Å².